The Balaban J connectivity index is 2.33. The maximum atomic E-state index is 11.7. The minimum absolute atomic E-state index is 0.0341. The zero-order chi connectivity index (χ0) is 13.6. The van der Waals surface area contributed by atoms with E-state index >= 15 is 0 Å². The van der Waals surface area contributed by atoms with E-state index in [1.807, 2.05) is 0 Å². The summed E-state index contributed by atoms with van der Waals surface area (Å²) in [6.45, 7) is 8.92. The Bertz CT molecular complexity index is 299. The number of nitrogens with zero attached hydrogens (tertiary/aromatic N) is 1. The molecule has 1 rings (SSSR count). The van der Waals surface area contributed by atoms with Crippen LogP contribution in [0.25, 0.3) is 0 Å². The fourth-order valence-corrected chi connectivity index (χ4v) is 2.32. The average molecular weight is 255 g/mol. The number of carbonyl (C=O) groups excluding carboxylic acids is 2. The lowest BCUT2D eigenvalue weighted by Gasteiger charge is -2.22. The highest BCUT2D eigenvalue weighted by atomic mass is 16.5. The number of carbonyl (C=O) groups is 2. The molecule has 0 saturated carbocycles. The van der Waals surface area contributed by atoms with Crippen molar-refractivity contribution >= 4 is 11.8 Å². The molecule has 0 radical (unpaired) electrons. The Kier molecular flexibility index (Phi) is 5.79. The predicted molar refractivity (Wildman–Crippen MR) is 70.3 cm³/mol. The number of Topliss-reactive ketones (excluding diaryl/α,β-unsaturated/α-hetero) is 1. The van der Waals surface area contributed by atoms with E-state index in [0.717, 1.165) is 25.9 Å². The van der Waals surface area contributed by atoms with Crippen molar-refractivity contribution in [2.24, 2.45) is 5.41 Å². The summed E-state index contributed by atoms with van der Waals surface area (Å²) in [6.07, 6.45) is 3.35. The summed E-state index contributed by atoms with van der Waals surface area (Å²) in [5.41, 5.74) is 0.374. The molecule has 0 spiro atoms. The third-order valence-corrected chi connectivity index (χ3v) is 3.48. The second kappa shape index (κ2) is 6.88. The van der Waals surface area contributed by atoms with E-state index in [9.17, 15) is 9.59 Å². The normalized spacial score (nSPS) is 20.2. The van der Waals surface area contributed by atoms with Gasteiger partial charge < -0.3 is 4.74 Å². The standard InChI is InChI=1S/C14H25NO3/c1-4-18-13(17)10-12(16)11-15-8-5-6-14(2,3)7-9-15/h4-11H2,1-3H3. The van der Waals surface area contributed by atoms with Crippen molar-refractivity contribution in [2.45, 2.75) is 46.5 Å². The van der Waals surface area contributed by atoms with Crippen molar-refractivity contribution in [3.8, 4) is 0 Å². The largest absolute Gasteiger partial charge is 0.466 e. The van der Waals surface area contributed by atoms with Gasteiger partial charge in [-0.2, -0.15) is 0 Å². The number of ketones is 1. The number of hydrogen-bond acceptors (Lipinski definition) is 4. The molecule has 0 aromatic rings. The molecule has 4 heteroatoms. The van der Waals surface area contributed by atoms with Gasteiger partial charge in [-0.05, 0) is 44.7 Å². The van der Waals surface area contributed by atoms with Crippen LogP contribution < -0.4 is 0 Å². The highest BCUT2D eigenvalue weighted by Gasteiger charge is 2.24. The fourth-order valence-electron chi connectivity index (χ4n) is 2.32. The first-order chi connectivity index (χ1) is 8.43. The number of ether oxygens (including phenoxy) is 1. The lowest BCUT2D eigenvalue weighted by Crippen LogP contribution is -2.32. The first-order valence-corrected chi connectivity index (χ1v) is 6.82. The molecule has 0 amide bonds. The highest BCUT2D eigenvalue weighted by molar-refractivity contribution is 5.96. The van der Waals surface area contributed by atoms with Crippen molar-refractivity contribution in [3.05, 3.63) is 0 Å². The number of esters is 1. The van der Waals surface area contributed by atoms with Crippen molar-refractivity contribution in [2.75, 3.05) is 26.2 Å². The molecule has 1 aliphatic rings. The van der Waals surface area contributed by atoms with E-state index in [-0.39, 0.29) is 12.2 Å². The molecule has 0 aromatic heterocycles. The first-order valence-electron chi connectivity index (χ1n) is 6.82. The second-order valence-electron chi connectivity index (χ2n) is 5.81. The van der Waals surface area contributed by atoms with Gasteiger partial charge in [-0.15, -0.1) is 0 Å². The van der Waals surface area contributed by atoms with Gasteiger partial charge >= 0.3 is 5.97 Å². The summed E-state index contributed by atoms with van der Waals surface area (Å²) in [7, 11) is 0. The molecule has 0 atom stereocenters. The maximum Gasteiger partial charge on any atom is 0.313 e. The first kappa shape index (κ1) is 15.2. The van der Waals surface area contributed by atoms with Crippen LogP contribution in [-0.2, 0) is 14.3 Å². The maximum absolute atomic E-state index is 11.7. The number of hydrogen-bond donors (Lipinski definition) is 0. The molecule has 104 valence electrons. The topological polar surface area (TPSA) is 46.6 Å². The fraction of sp³-hybridized carbons (Fsp3) is 0.857. The zero-order valence-electron chi connectivity index (χ0n) is 11.8. The lowest BCUT2D eigenvalue weighted by atomic mass is 9.85. The Morgan fingerprint density at radius 3 is 2.61 bits per heavy atom. The third-order valence-electron chi connectivity index (χ3n) is 3.48. The monoisotopic (exact) mass is 255 g/mol. The Morgan fingerprint density at radius 2 is 1.94 bits per heavy atom. The van der Waals surface area contributed by atoms with Crippen LogP contribution >= 0.6 is 0 Å². The molecule has 4 nitrogen and oxygen atoms in total. The van der Waals surface area contributed by atoms with Crippen LogP contribution in [0.2, 0.25) is 0 Å². The summed E-state index contributed by atoms with van der Waals surface area (Å²) in [5, 5.41) is 0. The van der Waals surface area contributed by atoms with Gasteiger partial charge in [0.05, 0.1) is 13.2 Å². The van der Waals surface area contributed by atoms with Crippen molar-refractivity contribution in [1.29, 1.82) is 0 Å². The van der Waals surface area contributed by atoms with Crippen LogP contribution in [0.4, 0.5) is 0 Å². The highest BCUT2D eigenvalue weighted by Crippen LogP contribution is 2.29. The third kappa shape index (κ3) is 5.63. The van der Waals surface area contributed by atoms with Crippen LogP contribution in [0, 0.1) is 5.41 Å². The molecular weight excluding hydrogens is 230 g/mol. The van der Waals surface area contributed by atoms with Crippen molar-refractivity contribution in [3.63, 3.8) is 0 Å². The van der Waals surface area contributed by atoms with Gasteiger partial charge in [0.2, 0.25) is 0 Å². The van der Waals surface area contributed by atoms with E-state index < -0.39 is 5.97 Å². The van der Waals surface area contributed by atoms with Crippen molar-refractivity contribution < 1.29 is 14.3 Å². The molecule has 1 heterocycles. The van der Waals surface area contributed by atoms with Gasteiger partial charge in [0, 0.05) is 0 Å². The van der Waals surface area contributed by atoms with Gasteiger partial charge in [-0.1, -0.05) is 13.8 Å². The van der Waals surface area contributed by atoms with Gasteiger partial charge in [0.1, 0.15) is 6.42 Å². The molecule has 1 saturated heterocycles. The molecule has 0 unspecified atom stereocenters. The van der Waals surface area contributed by atoms with E-state index in [4.69, 9.17) is 4.74 Å². The zero-order valence-corrected chi connectivity index (χ0v) is 11.8. The van der Waals surface area contributed by atoms with Crippen LogP contribution in [0.1, 0.15) is 46.5 Å². The van der Waals surface area contributed by atoms with E-state index in [2.05, 4.69) is 18.7 Å². The van der Waals surface area contributed by atoms with Crippen LogP contribution in [-0.4, -0.2) is 42.9 Å². The quantitative estimate of drug-likeness (QED) is 0.557. The predicted octanol–water partition coefficient (Wildman–Crippen LogP) is 2.02. The molecule has 1 aliphatic heterocycles. The molecule has 0 N–H and O–H groups in total. The van der Waals surface area contributed by atoms with Gasteiger partial charge in [0.15, 0.2) is 5.78 Å². The Hall–Kier alpha value is -0.900. The smallest absolute Gasteiger partial charge is 0.313 e. The summed E-state index contributed by atoms with van der Waals surface area (Å²) >= 11 is 0. The van der Waals surface area contributed by atoms with Crippen LogP contribution in [0.15, 0.2) is 0 Å². The molecule has 18 heavy (non-hydrogen) atoms. The molecular formula is C14H25NO3. The molecule has 1 fully saturated rings. The van der Waals surface area contributed by atoms with Crippen LogP contribution in [0.5, 0.6) is 0 Å². The average Bonchev–Trinajstić information content (AvgIpc) is 2.40. The summed E-state index contributed by atoms with van der Waals surface area (Å²) in [5.74, 6) is -0.439. The van der Waals surface area contributed by atoms with E-state index in [1.165, 1.54) is 6.42 Å². The molecule has 0 aromatic carbocycles. The molecule has 0 bridgehead atoms. The van der Waals surface area contributed by atoms with Gasteiger partial charge in [-0.25, -0.2) is 0 Å². The number of likely N-dealkylation sites (tertiary alicyclic amines) is 1. The lowest BCUT2D eigenvalue weighted by molar-refractivity contribution is -0.145. The minimum Gasteiger partial charge on any atom is -0.466 e. The van der Waals surface area contributed by atoms with Crippen molar-refractivity contribution in [1.82, 2.24) is 4.90 Å². The number of rotatable bonds is 5. The molecule has 0 aliphatic carbocycles. The Morgan fingerprint density at radius 1 is 1.22 bits per heavy atom. The van der Waals surface area contributed by atoms with Gasteiger partial charge in [0.25, 0.3) is 0 Å². The summed E-state index contributed by atoms with van der Waals surface area (Å²) < 4.78 is 4.78. The second-order valence-corrected chi connectivity index (χ2v) is 5.81. The minimum atomic E-state index is -0.405. The van der Waals surface area contributed by atoms with Crippen LogP contribution in [0.3, 0.4) is 0 Å². The van der Waals surface area contributed by atoms with E-state index in [0.29, 0.717) is 18.6 Å². The van der Waals surface area contributed by atoms with Gasteiger partial charge in [-0.3, -0.25) is 14.5 Å². The summed E-state index contributed by atoms with van der Waals surface area (Å²) in [6, 6.07) is 0. The SMILES string of the molecule is CCOC(=O)CC(=O)CN1CCCC(C)(C)CC1. The Labute approximate surface area is 110 Å². The summed E-state index contributed by atoms with van der Waals surface area (Å²) in [4.78, 5) is 25.1. The van der Waals surface area contributed by atoms with E-state index in [1.54, 1.807) is 6.92 Å².